The number of hydrogen-bond acceptors (Lipinski definition) is 4. The minimum Gasteiger partial charge on any atom is -0.497 e. The molecular formula is C22H23N3O3. The van der Waals surface area contributed by atoms with Gasteiger partial charge in [0.15, 0.2) is 0 Å². The maximum Gasteiger partial charge on any atom is 0.273 e. The first-order valence-electron chi connectivity index (χ1n) is 8.85. The van der Waals surface area contributed by atoms with Crippen molar-refractivity contribution in [3.05, 3.63) is 77.1 Å². The Morgan fingerprint density at radius 2 is 1.79 bits per heavy atom. The van der Waals surface area contributed by atoms with Gasteiger partial charge in [-0.3, -0.25) is 4.79 Å². The minimum atomic E-state index is -0.265. The molecule has 1 N–H and O–H groups in total. The first-order valence-corrected chi connectivity index (χ1v) is 8.85. The van der Waals surface area contributed by atoms with Crippen molar-refractivity contribution in [3.63, 3.8) is 0 Å². The molecular weight excluding hydrogens is 354 g/mol. The fourth-order valence-corrected chi connectivity index (χ4v) is 3.11. The van der Waals surface area contributed by atoms with Crippen molar-refractivity contribution < 1.29 is 14.3 Å². The molecule has 6 heteroatoms. The van der Waals surface area contributed by atoms with Gasteiger partial charge in [-0.15, -0.1) is 0 Å². The van der Waals surface area contributed by atoms with Gasteiger partial charge in [0.25, 0.3) is 5.91 Å². The number of para-hydroxylation sites is 1. The summed E-state index contributed by atoms with van der Waals surface area (Å²) in [7, 11) is 3.16. The predicted molar refractivity (Wildman–Crippen MR) is 110 cm³/mol. The van der Waals surface area contributed by atoms with Gasteiger partial charge in [0.05, 0.1) is 26.0 Å². The lowest BCUT2D eigenvalue weighted by Gasteiger charge is -2.09. The van der Waals surface area contributed by atoms with Crippen molar-refractivity contribution >= 4 is 12.1 Å². The van der Waals surface area contributed by atoms with Gasteiger partial charge in [0.2, 0.25) is 0 Å². The highest BCUT2D eigenvalue weighted by Gasteiger charge is 2.16. The second kappa shape index (κ2) is 8.43. The largest absolute Gasteiger partial charge is 0.497 e. The van der Waals surface area contributed by atoms with Crippen LogP contribution in [-0.2, 0) is 0 Å². The van der Waals surface area contributed by atoms with E-state index in [9.17, 15) is 4.79 Å². The van der Waals surface area contributed by atoms with Crippen LogP contribution in [0.1, 0.15) is 27.3 Å². The molecule has 0 fully saturated rings. The summed E-state index contributed by atoms with van der Waals surface area (Å²) in [6, 6.07) is 17.2. The normalized spacial score (nSPS) is 10.9. The molecule has 0 saturated carbocycles. The number of aryl methyl sites for hydroxylation is 1. The van der Waals surface area contributed by atoms with E-state index in [2.05, 4.69) is 10.5 Å². The van der Waals surface area contributed by atoms with E-state index < -0.39 is 0 Å². The number of benzene rings is 2. The number of hydrazone groups is 1. The average Bonchev–Trinajstić information content (AvgIpc) is 3.02. The zero-order valence-electron chi connectivity index (χ0n) is 16.4. The Labute approximate surface area is 164 Å². The van der Waals surface area contributed by atoms with Crippen LogP contribution in [0.4, 0.5) is 0 Å². The minimum absolute atomic E-state index is 0.265. The monoisotopic (exact) mass is 377 g/mol. The second-order valence-corrected chi connectivity index (χ2v) is 6.26. The van der Waals surface area contributed by atoms with Gasteiger partial charge >= 0.3 is 0 Å². The summed E-state index contributed by atoms with van der Waals surface area (Å²) in [5.74, 6) is 1.03. The van der Waals surface area contributed by atoms with Crippen molar-refractivity contribution in [2.75, 3.05) is 14.2 Å². The van der Waals surface area contributed by atoms with Crippen LogP contribution >= 0.6 is 0 Å². The van der Waals surface area contributed by atoms with E-state index in [-0.39, 0.29) is 5.91 Å². The van der Waals surface area contributed by atoms with Crippen LogP contribution in [-0.4, -0.2) is 30.9 Å². The van der Waals surface area contributed by atoms with E-state index in [0.29, 0.717) is 17.1 Å². The number of ether oxygens (including phenoxy) is 2. The van der Waals surface area contributed by atoms with E-state index in [4.69, 9.17) is 9.47 Å². The molecule has 1 amide bonds. The summed E-state index contributed by atoms with van der Waals surface area (Å²) in [5.41, 5.74) is 6.77. The zero-order chi connectivity index (χ0) is 20.1. The molecule has 144 valence electrons. The first kappa shape index (κ1) is 19.2. The van der Waals surface area contributed by atoms with E-state index >= 15 is 0 Å². The molecule has 28 heavy (non-hydrogen) atoms. The lowest BCUT2D eigenvalue weighted by Crippen LogP contribution is -2.18. The van der Waals surface area contributed by atoms with Gasteiger partial charge < -0.3 is 14.0 Å². The number of aromatic nitrogens is 1. The topological polar surface area (TPSA) is 64.8 Å². The van der Waals surface area contributed by atoms with Crippen LogP contribution in [0, 0.1) is 13.8 Å². The first-order chi connectivity index (χ1) is 13.5. The summed E-state index contributed by atoms with van der Waals surface area (Å²) in [4.78, 5) is 12.6. The molecule has 3 aromatic rings. The van der Waals surface area contributed by atoms with E-state index in [0.717, 1.165) is 22.6 Å². The SMILES string of the molecule is COc1ccc(/C=N/NC(=O)c2cc(C)n(-c3ccccc3)c2C)c(OC)c1. The van der Waals surface area contributed by atoms with Crippen molar-refractivity contribution in [1.82, 2.24) is 9.99 Å². The van der Waals surface area contributed by atoms with Crippen molar-refractivity contribution in [2.24, 2.45) is 5.10 Å². The molecule has 6 nitrogen and oxygen atoms in total. The average molecular weight is 377 g/mol. The summed E-state index contributed by atoms with van der Waals surface area (Å²) in [6.07, 6.45) is 1.55. The van der Waals surface area contributed by atoms with E-state index in [1.54, 1.807) is 32.6 Å². The third-order valence-electron chi connectivity index (χ3n) is 4.50. The number of rotatable bonds is 6. The maximum atomic E-state index is 12.6. The number of nitrogens with one attached hydrogen (secondary N) is 1. The maximum absolute atomic E-state index is 12.6. The molecule has 0 aliphatic carbocycles. The molecule has 0 unspecified atom stereocenters. The molecule has 0 atom stereocenters. The van der Waals surface area contributed by atoms with E-state index in [1.807, 2.05) is 60.9 Å². The Bertz CT molecular complexity index is 1010. The second-order valence-electron chi connectivity index (χ2n) is 6.26. The van der Waals surface area contributed by atoms with Gasteiger partial charge in [-0.2, -0.15) is 5.10 Å². The Morgan fingerprint density at radius 1 is 1.04 bits per heavy atom. The van der Waals surface area contributed by atoms with Crippen molar-refractivity contribution in [3.8, 4) is 17.2 Å². The van der Waals surface area contributed by atoms with Crippen molar-refractivity contribution in [2.45, 2.75) is 13.8 Å². The molecule has 0 radical (unpaired) electrons. The highest BCUT2D eigenvalue weighted by Crippen LogP contribution is 2.23. The fourth-order valence-electron chi connectivity index (χ4n) is 3.11. The molecule has 0 bridgehead atoms. The van der Waals surface area contributed by atoms with E-state index in [1.165, 1.54) is 0 Å². The van der Waals surface area contributed by atoms with Gasteiger partial charge in [-0.25, -0.2) is 5.43 Å². The Kier molecular flexibility index (Phi) is 5.79. The summed E-state index contributed by atoms with van der Waals surface area (Å²) >= 11 is 0. The van der Waals surface area contributed by atoms with Crippen molar-refractivity contribution in [1.29, 1.82) is 0 Å². The lowest BCUT2D eigenvalue weighted by atomic mass is 10.2. The third kappa shape index (κ3) is 3.91. The Hall–Kier alpha value is -3.54. The van der Waals surface area contributed by atoms with Crippen LogP contribution in [0.15, 0.2) is 59.7 Å². The quantitative estimate of drug-likeness (QED) is 0.524. The van der Waals surface area contributed by atoms with Gasteiger partial charge in [0.1, 0.15) is 11.5 Å². The predicted octanol–water partition coefficient (Wildman–Crippen LogP) is 3.88. The molecule has 3 rings (SSSR count). The van der Waals surface area contributed by atoms with Crippen LogP contribution in [0.5, 0.6) is 11.5 Å². The summed E-state index contributed by atoms with van der Waals surface area (Å²) in [6.45, 7) is 3.90. The summed E-state index contributed by atoms with van der Waals surface area (Å²) in [5, 5.41) is 4.08. The highest BCUT2D eigenvalue weighted by molar-refractivity contribution is 5.96. The number of hydrogen-bond donors (Lipinski definition) is 1. The van der Waals surface area contributed by atoms with Crippen LogP contribution in [0.2, 0.25) is 0 Å². The Balaban J connectivity index is 1.78. The molecule has 1 aromatic heterocycles. The molecule has 0 spiro atoms. The number of carbonyl (C=O) groups is 1. The van der Waals surface area contributed by atoms with Gasteiger partial charge in [-0.1, -0.05) is 18.2 Å². The van der Waals surface area contributed by atoms with Crippen LogP contribution in [0.3, 0.4) is 0 Å². The smallest absolute Gasteiger partial charge is 0.273 e. The number of methoxy groups -OCH3 is 2. The fraction of sp³-hybridized carbons (Fsp3) is 0.182. The highest BCUT2D eigenvalue weighted by atomic mass is 16.5. The number of nitrogens with zero attached hydrogens (tertiary/aromatic N) is 2. The molecule has 2 aromatic carbocycles. The van der Waals surface area contributed by atoms with Crippen LogP contribution < -0.4 is 14.9 Å². The van der Waals surface area contributed by atoms with Crippen LogP contribution in [0.25, 0.3) is 5.69 Å². The number of carbonyl (C=O) groups excluding carboxylic acids is 1. The number of amides is 1. The molecule has 0 aliphatic rings. The third-order valence-corrected chi connectivity index (χ3v) is 4.50. The Morgan fingerprint density at radius 3 is 2.46 bits per heavy atom. The summed E-state index contributed by atoms with van der Waals surface area (Å²) < 4.78 is 12.6. The van der Waals surface area contributed by atoms with Gasteiger partial charge in [-0.05, 0) is 44.2 Å². The van der Waals surface area contributed by atoms with Gasteiger partial charge in [0, 0.05) is 28.7 Å². The standard InChI is InChI=1S/C22H23N3O3/c1-15-12-20(16(2)25(15)18-8-6-5-7-9-18)22(26)24-23-14-17-10-11-19(27-3)13-21(17)28-4/h5-14H,1-4H3,(H,24,26)/b23-14+. The zero-order valence-corrected chi connectivity index (χ0v) is 16.4. The lowest BCUT2D eigenvalue weighted by molar-refractivity contribution is 0.0954. The molecule has 1 heterocycles. The molecule has 0 aliphatic heterocycles. The molecule has 0 saturated heterocycles.